The SMILES string of the molecule is Cc1ccc2c(c1)nc(CC1CCNCC1)n2C. The van der Waals surface area contributed by atoms with E-state index in [1.54, 1.807) is 0 Å². The predicted octanol–water partition coefficient (Wildman–Crippen LogP) is 2.42. The van der Waals surface area contributed by atoms with E-state index in [1.807, 2.05) is 0 Å². The van der Waals surface area contributed by atoms with Crippen LogP contribution >= 0.6 is 0 Å². The van der Waals surface area contributed by atoms with Gasteiger partial charge in [0.25, 0.3) is 0 Å². The van der Waals surface area contributed by atoms with Crippen LogP contribution in [0.3, 0.4) is 0 Å². The molecule has 0 unspecified atom stereocenters. The Morgan fingerprint density at radius 1 is 1.33 bits per heavy atom. The van der Waals surface area contributed by atoms with E-state index in [0.717, 1.165) is 30.9 Å². The molecule has 0 spiro atoms. The summed E-state index contributed by atoms with van der Waals surface area (Å²) < 4.78 is 2.26. The molecule has 3 heteroatoms. The van der Waals surface area contributed by atoms with Gasteiger partial charge in [0.05, 0.1) is 11.0 Å². The molecule has 2 aromatic rings. The largest absolute Gasteiger partial charge is 0.331 e. The van der Waals surface area contributed by atoms with Crippen LogP contribution in [0.4, 0.5) is 0 Å². The van der Waals surface area contributed by atoms with Crippen molar-refractivity contribution in [1.82, 2.24) is 14.9 Å². The summed E-state index contributed by atoms with van der Waals surface area (Å²) in [5, 5.41) is 3.42. The van der Waals surface area contributed by atoms with Gasteiger partial charge in [0.1, 0.15) is 5.82 Å². The second-order valence-corrected chi connectivity index (χ2v) is 5.48. The number of hydrogen-bond donors (Lipinski definition) is 1. The first-order chi connectivity index (χ1) is 8.74. The van der Waals surface area contributed by atoms with Crippen LogP contribution in [0.15, 0.2) is 18.2 Å². The van der Waals surface area contributed by atoms with Crippen molar-refractivity contribution in [1.29, 1.82) is 0 Å². The molecule has 0 aliphatic carbocycles. The zero-order valence-corrected chi connectivity index (χ0v) is 11.2. The van der Waals surface area contributed by atoms with Gasteiger partial charge in [0.15, 0.2) is 0 Å². The van der Waals surface area contributed by atoms with Crippen molar-refractivity contribution in [2.75, 3.05) is 13.1 Å². The molecule has 3 nitrogen and oxygen atoms in total. The van der Waals surface area contributed by atoms with Gasteiger partial charge in [-0.05, 0) is 56.5 Å². The number of imidazole rings is 1. The lowest BCUT2D eigenvalue weighted by Gasteiger charge is -2.22. The number of fused-ring (bicyclic) bond motifs is 1. The molecule has 1 aliphatic rings. The minimum absolute atomic E-state index is 0.794. The van der Waals surface area contributed by atoms with Gasteiger partial charge in [-0.1, -0.05) is 6.07 Å². The summed E-state index contributed by atoms with van der Waals surface area (Å²) in [6, 6.07) is 6.53. The number of rotatable bonds is 2. The summed E-state index contributed by atoms with van der Waals surface area (Å²) in [6.45, 7) is 4.45. The summed E-state index contributed by atoms with van der Waals surface area (Å²) in [5.74, 6) is 2.03. The molecule has 0 atom stereocenters. The maximum Gasteiger partial charge on any atom is 0.109 e. The molecule has 0 saturated carbocycles. The molecule has 0 bridgehead atoms. The Hall–Kier alpha value is -1.35. The molecular formula is C15H21N3. The maximum atomic E-state index is 4.81. The van der Waals surface area contributed by atoms with Gasteiger partial charge < -0.3 is 9.88 Å². The van der Waals surface area contributed by atoms with E-state index in [-0.39, 0.29) is 0 Å². The molecule has 1 aliphatic heterocycles. The molecule has 1 saturated heterocycles. The first-order valence-electron chi connectivity index (χ1n) is 6.87. The van der Waals surface area contributed by atoms with Gasteiger partial charge in [-0.15, -0.1) is 0 Å². The Kier molecular flexibility index (Phi) is 3.08. The topological polar surface area (TPSA) is 29.9 Å². The van der Waals surface area contributed by atoms with Crippen molar-refractivity contribution in [2.24, 2.45) is 13.0 Å². The lowest BCUT2D eigenvalue weighted by molar-refractivity contribution is 0.365. The van der Waals surface area contributed by atoms with Crippen molar-refractivity contribution >= 4 is 11.0 Å². The third-order valence-electron chi connectivity index (χ3n) is 4.06. The number of hydrogen-bond acceptors (Lipinski definition) is 2. The van der Waals surface area contributed by atoms with E-state index in [9.17, 15) is 0 Å². The Labute approximate surface area is 108 Å². The second kappa shape index (κ2) is 4.73. The van der Waals surface area contributed by atoms with E-state index in [1.165, 1.54) is 29.7 Å². The second-order valence-electron chi connectivity index (χ2n) is 5.48. The molecule has 96 valence electrons. The molecular weight excluding hydrogens is 222 g/mol. The van der Waals surface area contributed by atoms with E-state index < -0.39 is 0 Å². The van der Waals surface area contributed by atoms with Crippen LogP contribution < -0.4 is 5.32 Å². The highest BCUT2D eigenvalue weighted by atomic mass is 15.1. The Morgan fingerprint density at radius 2 is 2.11 bits per heavy atom. The van der Waals surface area contributed by atoms with Crippen molar-refractivity contribution in [3.8, 4) is 0 Å². The fourth-order valence-corrected chi connectivity index (χ4v) is 2.89. The minimum Gasteiger partial charge on any atom is -0.331 e. The number of benzene rings is 1. The minimum atomic E-state index is 0.794. The number of piperidine rings is 1. The first-order valence-corrected chi connectivity index (χ1v) is 6.87. The summed E-state index contributed by atoms with van der Waals surface area (Å²) >= 11 is 0. The molecule has 0 radical (unpaired) electrons. The van der Waals surface area contributed by atoms with Gasteiger partial charge in [-0.3, -0.25) is 0 Å². The summed E-state index contributed by atoms with van der Waals surface area (Å²) in [6.07, 6.45) is 3.68. The summed E-state index contributed by atoms with van der Waals surface area (Å²) in [7, 11) is 2.14. The molecule has 1 aromatic carbocycles. The fourth-order valence-electron chi connectivity index (χ4n) is 2.89. The molecule has 1 aromatic heterocycles. The van der Waals surface area contributed by atoms with Crippen LogP contribution in [0.25, 0.3) is 11.0 Å². The van der Waals surface area contributed by atoms with Crippen LogP contribution in [0.1, 0.15) is 24.2 Å². The van der Waals surface area contributed by atoms with Crippen LogP contribution in [0, 0.1) is 12.8 Å². The predicted molar refractivity (Wildman–Crippen MR) is 74.7 cm³/mol. The highest BCUT2D eigenvalue weighted by Crippen LogP contribution is 2.21. The van der Waals surface area contributed by atoms with Crippen LogP contribution in [-0.4, -0.2) is 22.6 Å². The smallest absolute Gasteiger partial charge is 0.109 e. The number of nitrogens with zero attached hydrogens (tertiary/aromatic N) is 2. The lowest BCUT2D eigenvalue weighted by Crippen LogP contribution is -2.29. The Morgan fingerprint density at radius 3 is 2.89 bits per heavy atom. The summed E-state index contributed by atoms with van der Waals surface area (Å²) in [4.78, 5) is 4.81. The molecule has 2 heterocycles. The highest BCUT2D eigenvalue weighted by Gasteiger charge is 2.17. The molecule has 1 fully saturated rings. The van der Waals surface area contributed by atoms with Gasteiger partial charge in [-0.25, -0.2) is 4.98 Å². The van der Waals surface area contributed by atoms with Crippen molar-refractivity contribution in [3.63, 3.8) is 0 Å². The fraction of sp³-hybridized carbons (Fsp3) is 0.533. The molecule has 1 N–H and O–H groups in total. The van der Waals surface area contributed by atoms with Crippen LogP contribution in [0.2, 0.25) is 0 Å². The monoisotopic (exact) mass is 243 g/mol. The van der Waals surface area contributed by atoms with E-state index in [0.29, 0.717) is 0 Å². The van der Waals surface area contributed by atoms with Crippen LogP contribution in [-0.2, 0) is 13.5 Å². The van der Waals surface area contributed by atoms with Gasteiger partial charge >= 0.3 is 0 Å². The summed E-state index contributed by atoms with van der Waals surface area (Å²) in [5.41, 5.74) is 3.68. The molecule has 3 rings (SSSR count). The number of aryl methyl sites for hydroxylation is 2. The third kappa shape index (κ3) is 2.15. The van der Waals surface area contributed by atoms with E-state index in [2.05, 4.69) is 42.1 Å². The third-order valence-corrected chi connectivity index (χ3v) is 4.06. The Bertz CT molecular complexity index is 550. The van der Waals surface area contributed by atoms with Crippen molar-refractivity contribution in [3.05, 3.63) is 29.6 Å². The molecule has 18 heavy (non-hydrogen) atoms. The maximum absolute atomic E-state index is 4.81. The average Bonchev–Trinajstić information content (AvgIpc) is 2.67. The van der Waals surface area contributed by atoms with Crippen molar-refractivity contribution < 1.29 is 0 Å². The molecule has 0 amide bonds. The lowest BCUT2D eigenvalue weighted by atomic mass is 9.94. The number of nitrogens with one attached hydrogen (secondary N) is 1. The first kappa shape index (κ1) is 11.7. The van der Waals surface area contributed by atoms with Gasteiger partial charge in [0.2, 0.25) is 0 Å². The van der Waals surface area contributed by atoms with Crippen molar-refractivity contribution in [2.45, 2.75) is 26.2 Å². The van der Waals surface area contributed by atoms with Crippen LogP contribution in [0.5, 0.6) is 0 Å². The van der Waals surface area contributed by atoms with Gasteiger partial charge in [0, 0.05) is 13.5 Å². The van der Waals surface area contributed by atoms with Gasteiger partial charge in [-0.2, -0.15) is 0 Å². The Balaban J connectivity index is 1.89. The highest BCUT2D eigenvalue weighted by molar-refractivity contribution is 5.76. The zero-order chi connectivity index (χ0) is 12.5. The van der Waals surface area contributed by atoms with E-state index in [4.69, 9.17) is 4.98 Å². The quantitative estimate of drug-likeness (QED) is 0.878. The zero-order valence-electron chi connectivity index (χ0n) is 11.2. The number of aromatic nitrogens is 2. The normalized spacial score (nSPS) is 17.4. The standard InChI is InChI=1S/C15H21N3/c1-11-3-4-14-13(9-11)17-15(18(14)2)10-12-5-7-16-8-6-12/h3-4,9,12,16H,5-8,10H2,1-2H3. The van der Waals surface area contributed by atoms with E-state index >= 15 is 0 Å². The average molecular weight is 243 g/mol.